The fraction of sp³-hybridized carbons (Fsp3) is 0.176. The van der Waals surface area contributed by atoms with Crippen molar-refractivity contribution in [2.45, 2.75) is 6.42 Å². The molecule has 23 heavy (non-hydrogen) atoms. The lowest BCUT2D eigenvalue weighted by molar-refractivity contribution is -0.139. The quantitative estimate of drug-likeness (QED) is 0.582. The van der Waals surface area contributed by atoms with E-state index in [0.29, 0.717) is 17.3 Å². The second kappa shape index (κ2) is 6.72. The Kier molecular flexibility index (Phi) is 4.68. The van der Waals surface area contributed by atoms with Crippen LogP contribution in [-0.4, -0.2) is 18.4 Å². The highest BCUT2D eigenvalue weighted by Crippen LogP contribution is 2.31. The average molecular weight is 395 g/mol. The first-order valence-corrected chi connectivity index (χ1v) is 8.24. The molecule has 118 valence electrons. The lowest BCUT2D eigenvalue weighted by atomic mass is 10.1. The normalized spacial score (nSPS) is 17.4. The van der Waals surface area contributed by atoms with E-state index in [2.05, 4.69) is 15.9 Å². The molecule has 1 heterocycles. The number of anilines is 1. The molecule has 2 aromatic carbocycles. The molecule has 0 aromatic heterocycles. The maximum atomic E-state index is 12.3. The molecule has 0 aliphatic carbocycles. The number of halogens is 2. The molecule has 1 amide bonds. The highest BCUT2D eigenvalue weighted by molar-refractivity contribution is 9.10. The van der Waals surface area contributed by atoms with Crippen molar-refractivity contribution in [2.24, 2.45) is 5.92 Å². The summed E-state index contributed by atoms with van der Waals surface area (Å²) in [6.45, 7) is 0.313. The summed E-state index contributed by atoms with van der Waals surface area (Å²) in [6, 6.07) is 14.0. The molecule has 1 fully saturated rings. The first kappa shape index (κ1) is 16.0. The number of hydrogen-bond acceptors (Lipinski definition) is 3. The number of ether oxygens (including phenoxy) is 1. The first-order chi connectivity index (χ1) is 11.0. The van der Waals surface area contributed by atoms with Crippen LogP contribution < -0.4 is 9.64 Å². The van der Waals surface area contributed by atoms with E-state index in [1.165, 1.54) is 0 Å². The Bertz CT molecular complexity index is 748. The standard InChI is InChI=1S/C17H13BrClNO3/c18-14-3-1-2-4-15(14)20-10-11(9-16(20)21)17(22)23-13-7-5-12(19)6-8-13/h1-8,11H,9-10H2. The number of amides is 1. The molecule has 0 radical (unpaired) electrons. The van der Waals surface area contributed by atoms with E-state index in [1.54, 1.807) is 29.2 Å². The van der Waals surface area contributed by atoms with Gasteiger partial charge in [-0.05, 0) is 52.3 Å². The van der Waals surface area contributed by atoms with Crippen LogP contribution in [0.25, 0.3) is 0 Å². The predicted molar refractivity (Wildman–Crippen MR) is 91.7 cm³/mol. The number of hydrogen-bond donors (Lipinski definition) is 0. The summed E-state index contributed by atoms with van der Waals surface area (Å²) in [6.07, 6.45) is 0.147. The summed E-state index contributed by atoms with van der Waals surface area (Å²) in [7, 11) is 0. The van der Waals surface area contributed by atoms with Crippen molar-refractivity contribution in [3.05, 3.63) is 58.0 Å². The van der Waals surface area contributed by atoms with E-state index >= 15 is 0 Å². The van der Waals surface area contributed by atoms with Crippen molar-refractivity contribution >= 4 is 45.1 Å². The maximum Gasteiger partial charge on any atom is 0.316 e. The number of para-hydroxylation sites is 1. The summed E-state index contributed by atoms with van der Waals surface area (Å²) >= 11 is 9.23. The molecule has 1 aliphatic rings. The van der Waals surface area contributed by atoms with E-state index in [1.807, 2.05) is 24.3 Å². The van der Waals surface area contributed by atoms with Gasteiger partial charge in [-0.2, -0.15) is 0 Å². The number of esters is 1. The monoisotopic (exact) mass is 393 g/mol. The molecule has 2 aromatic rings. The SMILES string of the molecule is O=C(Oc1ccc(Cl)cc1)C1CC(=O)N(c2ccccc2Br)C1. The minimum absolute atomic E-state index is 0.0880. The van der Waals surface area contributed by atoms with Gasteiger partial charge in [0.05, 0.1) is 11.6 Å². The summed E-state index contributed by atoms with van der Waals surface area (Å²) in [5, 5.41) is 0.570. The molecular formula is C17H13BrClNO3. The second-order valence-electron chi connectivity index (χ2n) is 5.23. The zero-order valence-corrected chi connectivity index (χ0v) is 14.4. The zero-order chi connectivity index (χ0) is 16.4. The van der Waals surface area contributed by atoms with Crippen LogP contribution in [0.1, 0.15) is 6.42 Å². The van der Waals surface area contributed by atoms with Crippen LogP contribution in [0.2, 0.25) is 5.02 Å². The Morgan fingerprint density at radius 2 is 1.87 bits per heavy atom. The fourth-order valence-electron chi connectivity index (χ4n) is 2.47. The zero-order valence-electron chi connectivity index (χ0n) is 12.0. The van der Waals surface area contributed by atoms with Crippen LogP contribution in [0, 0.1) is 5.92 Å². The third-order valence-electron chi connectivity index (χ3n) is 3.63. The number of benzene rings is 2. The highest BCUT2D eigenvalue weighted by Gasteiger charge is 2.37. The van der Waals surface area contributed by atoms with Crippen molar-refractivity contribution in [3.8, 4) is 5.75 Å². The molecule has 6 heteroatoms. The molecule has 0 spiro atoms. The molecule has 4 nitrogen and oxygen atoms in total. The van der Waals surface area contributed by atoms with Gasteiger partial charge in [0.15, 0.2) is 0 Å². The van der Waals surface area contributed by atoms with Crippen molar-refractivity contribution < 1.29 is 14.3 Å². The summed E-state index contributed by atoms with van der Waals surface area (Å²) < 4.78 is 6.15. The van der Waals surface area contributed by atoms with E-state index in [4.69, 9.17) is 16.3 Å². The van der Waals surface area contributed by atoms with Gasteiger partial charge in [-0.25, -0.2) is 0 Å². The molecular weight excluding hydrogens is 382 g/mol. The molecule has 1 saturated heterocycles. The third kappa shape index (κ3) is 3.57. The molecule has 0 N–H and O–H groups in total. The lowest BCUT2D eigenvalue weighted by Gasteiger charge is -2.18. The van der Waals surface area contributed by atoms with Gasteiger partial charge in [0.25, 0.3) is 0 Å². The van der Waals surface area contributed by atoms with Gasteiger partial charge >= 0.3 is 5.97 Å². The minimum Gasteiger partial charge on any atom is -0.426 e. The van der Waals surface area contributed by atoms with Crippen molar-refractivity contribution in [1.29, 1.82) is 0 Å². The Morgan fingerprint density at radius 1 is 1.17 bits per heavy atom. The van der Waals surface area contributed by atoms with Gasteiger partial charge < -0.3 is 9.64 Å². The van der Waals surface area contributed by atoms with Gasteiger partial charge in [0, 0.05) is 22.5 Å². The Labute approximate surface area is 147 Å². The number of rotatable bonds is 3. The lowest BCUT2D eigenvalue weighted by Crippen LogP contribution is -2.27. The fourth-order valence-corrected chi connectivity index (χ4v) is 3.10. The number of carbonyl (C=O) groups is 2. The Hall–Kier alpha value is -1.85. The van der Waals surface area contributed by atoms with Crippen LogP contribution in [0.5, 0.6) is 5.75 Å². The van der Waals surface area contributed by atoms with Crippen LogP contribution in [-0.2, 0) is 9.59 Å². The first-order valence-electron chi connectivity index (χ1n) is 7.07. The summed E-state index contributed by atoms with van der Waals surface area (Å²) in [5.74, 6) is -0.554. The van der Waals surface area contributed by atoms with Gasteiger partial charge in [0.1, 0.15) is 5.75 Å². The van der Waals surface area contributed by atoms with E-state index in [9.17, 15) is 9.59 Å². The topological polar surface area (TPSA) is 46.6 Å². The van der Waals surface area contributed by atoms with E-state index in [0.717, 1.165) is 10.2 Å². The largest absolute Gasteiger partial charge is 0.426 e. The van der Waals surface area contributed by atoms with Crippen molar-refractivity contribution in [2.75, 3.05) is 11.4 Å². The number of carbonyl (C=O) groups excluding carboxylic acids is 2. The maximum absolute atomic E-state index is 12.3. The van der Waals surface area contributed by atoms with Gasteiger partial charge in [-0.3, -0.25) is 9.59 Å². The Balaban J connectivity index is 1.71. The predicted octanol–water partition coefficient (Wildman–Crippen LogP) is 4.06. The summed E-state index contributed by atoms with van der Waals surface area (Å²) in [4.78, 5) is 26.1. The van der Waals surface area contributed by atoms with Gasteiger partial charge in [0.2, 0.25) is 5.91 Å². The molecule has 1 unspecified atom stereocenters. The minimum atomic E-state index is -0.481. The highest BCUT2D eigenvalue weighted by atomic mass is 79.9. The van der Waals surface area contributed by atoms with Crippen molar-refractivity contribution in [1.82, 2.24) is 0 Å². The molecule has 1 atom stereocenters. The van der Waals surface area contributed by atoms with Crippen LogP contribution in [0.15, 0.2) is 53.0 Å². The van der Waals surface area contributed by atoms with Gasteiger partial charge in [-0.15, -0.1) is 0 Å². The number of nitrogens with zero attached hydrogens (tertiary/aromatic N) is 1. The van der Waals surface area contributed by atoms with E-state index < -0.39 is 11.9 Å². The van der Waals surface area contributed by atoms with Crippen LogP contribution in [0.3, 0.4) is 0 Å². The average Bonchev–Trinajstić information content (AvgIpc) is 2.92. The third-order valence-corrected chi connectivity index (χ3v) is 4.56. The van der Waals surface area contributed by atoms with Crippen LogP contribution in [0.4, 0.5) is 5.69 Å². The molecule has 0 bridgehead atoms. The smallest absolute Gasteiger partial charge is 0.316 e. The second-order valence-corrected chi connectivity index (χ2v) is 6.52. The molecule has 1 aliphatic heterocycles. The Morgan fingerprint density at radius 3 is 2.57 bits per heavy atom. The van der Waals surface area contributed by atoms with Crippen molar-refractivity contribution in [3.63, 3.8) is 0 Å². The molecule has 3 rings (SSSR count). The van der Waals surface area contributed by atoms with E-state index in [-0.39, 0.29) is 12.3 Å². The summed E-state index contributed by atoms with van der Waals surface area (Å²) in [5.41, 5.74) is 0.763. The molecule has 0 saturated carbocycles. The van der Waals surface area contributed by atoms with Gasteiger partial charge in [-0.1, -0.05) is 23.7 Å². The van der Waals surface area contributed by atoms with Crippen LogP contribution >= 0.6 is 27.5 Å².